The second kappa shape index (κ2) is 9.90. The second-order valence-corrected chi connectivity index (χ2v) is 8.34. The number of methoxy groups -OCH3 is 1. The van der Waals surface area contributed by atoms with E-state index in [1.807, 2.05) is 55.1 Å². The summed E-state index contributed by atoms with van der Waals surface area (Å²) in [6.45, 7) is 5.85. The molecule has 7 nitrogen and oxygen atoms in total. The summed E-state index contributed by atoms with van der Waals surface area (Å²) in [5, 5.41) is 6.83. The van der Waals surface area contributed by atoms with Crippen molar-refractivity contribution in [3.8, 4) is 16.9 Å². The Morgan fingerprint density at radius 1 is 1.12 bits per heavy atom. The molecule has 1 fully saturated rings. The lowest BCUT2D eigenvalue weighted by atomic mass is 9.91. The van der Waals surface area contributed by atoms with Crippen LogP contribution in [0, 0.1) is 12.8 Å². The van der Waals surface area contributed by atoms with Crippen molar-refractivity contribution in [2.45, 2.75) is 20.3 Å². The molecule has 2 aromatic carbocycles. The van der Waals surface area contributed by atoms with Gasteiger partial charge in [0.15, 0.2) is 0 Å². The van der Waals surface area contributed by atoms with Gasteiger partial charge in [-0.05, 0) is 37.5 Å². The first-order valence-corrected chi connectivity index (χ1v) is 11.3. The Bertz CT molecular complexity index is 1140. The third-order valence-corrected chi connectivity index (χ3v) is 6.35. The minimum Gasteiger partial charge on any atom is -0.496 e. The summed E-state index contributed by atoms with van der Waals surface area (Å²) in [5.41, 5.74) is 4.39. The zero-order valence-electron chi connectivity index (χ0n) is 19.4. The number of carbonyl (C=O) groups excluding carboxylic acids is 2. The van der Waals surface area contributed by atoms with E-state index in [0.29, 0.717) is 38.2 Å². The smallest absolute Gasteiger partial charge is 0.257 e. The average Bonchev–Trinajstić information content (AvgIpc) is 3.21. The molecule has 0 spiro atoms. The van der Waals surface area contributed by atoms with Gasteiger partial charge >= 0.3 is 0 Å². The maximum absolute atomic E-state index is 13.4. The molecule has 172 valence electrons. The van der Waals surface area contributed by atoms with Gasteiger partial charge in [-0.3, -0.25) is 14.7 Å². The van der Waals surface area contributed by atoms with Crippen molar-refractivity contribution in [1.29, 1.82) is 0 Å². The topological polar surface area (TPSA) is 78.5 Å². The molecule has 3 aromatic rings. The fourth-order valence-electron chi connectivity index (χ4n) is 4.53. The van der Waals surface area contributed by atoms with Crippen LogP contribution in [0.4, 0.5) is 0 Å². The number of likely N-dealkylation sites (N-methyl/N-ethyl adjacent to an activating group) is 1. The molecule has 2 heterocycles. The SMILES string of the molecule is CCN1CCN(C(=O)c2cn[nH]c2C)C[C@@H](Cc2ccccc2-c2ccccc2OC)C1=O. The number of aromatic amines is 1. The molecule has 1 N–H and O–H groups in total. The number of nitrogens with zero attached hydrogens (tertiary/aromatic N) is 3. The van der Waals surface area contributed by atoms with Crippen molar-refractivity contribution >= 4 is 11.8 Å². The number of para-hydroxylation sites is 1. The van der Waals surface area contributed by atoms with Gasteiger partial charge in [-0.15, -0.1) is 0 Å². The van der Waals surface area contributed by atoms with Crippen molar-refractivity contribution in [3.63, 3.8) is 0 Å². The fourth-order valence-corrected chi connectivity index (χ4v) is 4.53. The number of hydrogen-bond donors (Lipinski definition) is 1. The first-order chi connectivity index (χ1) is 16.0. The highest BCUT2D eigenvalue weighted by Gasteiger charge is 2.33. The van der Waals surface area contributed by atoms with E-state index in [4.69, 9.17) is 4.74 Å². The molecule has 2 amide bonds. The van der Waals surface area contributed by atoms with E-state index in [2.05, 4.69) is 22.3 Å². The Hall–Kier alpha value is -3.61. The maximum Gasteiger partial charge on any atom is 0.257 e. The van der Waals surface area contributed by atoms with Crippen LogP contribution >= 0.6 is 0 Å². The normalized spacial score (nSPS) is 16.6. The van der Waals surface area contributed by atoms with Gasteiger partial charge in [-0.1, -0.05) is 42.5 Å². The highest BCUT2D eigenvalue weighted by molar-refractivity contribution is 5.95. The molecule has 0 aliphatic carbocycles. The average molecular weight is 447 g/mol. The number of amides is 2. The molecule has 7 heteroatoms. The van der Waals surface area contributed by atoms with Gasteiger partial charge in [0, 0.05) is 37.4 Å². The Kier molecular flexibility index (Phi) is 6.77. The molecule has 1 aliphatic rings. The van der Waals surface area contributed by atoms with Gasteiger partial charge in [0.2, 0.25) is 5.91 Å². The fraction of sp³-hybridized carbons (Fsp3) is 0.346. The van der Waals surface area contributed by atoms with E-state index < -0.39 is 0 Å². The summed E-state index contributed by atoms with van der Waals surface area (Å²) < 4.78 is 5.58. The van der Waals surface area contributed by atoms with Gasteiger partial charge in [0.05, 0.1) is 24.8 Å². The van der Waals surface area contributed by atoms with Crippen LogP contribution < -0.4 is 4.74 Å². The molecule has 33 heavy (non-hydrogen) atoms. The van der Waals surface area contributed by atoms with E-state index in [-0.39, 0.29) is 17.7 Å². The first-order valence-electron chi connectivity index (χ1n) is 11.3. The van der Waals surface area contributed by atoms with Crippen LogP contribution in [-0.4, -0.2) is 65.1 Å². The Balaban J connectivity index is 1.66. The lowest BCUT2D eigenvalue weighted by Gasteiger charge is -2.24. The van der Waals surface area contributed by atoms with Crippen LogP contribution in [0.3, 0.4) is 0 Å². The molecule has 0 unspecified atom stereocenters. The molecule has 0 bridgehead atoms. The number of aromatic nitrogens is 2. The highest BCUT2D eigenvalue weighted by atomic mass is 16.5. The van der Waals surface area contributed by atoms with Gasteiger partial charge in [0.1, 0.15) is 5.75 Å². The number of benzene rings is 2. The van der Waals surface area contributed by atoms with E-state index in [0.717, 1.165) is 28.1 Å². The lowest BCUT2D eigenvalue weighted by Crippen LogP contribution is -2.38. The van der Waals surface area contributed by atoms with Crippen molar-refractivity contribution in [2.24, 2.45) is 5.92 Å². The van der Waals surface area contributed by atoms with E-state index >= 15 is 0 Å². The van der Waals surface area contributed by atoms with Gasteiger partial charge in [0.25, 0.3) is 5.91 Å². The monoisotopic (exact) mass is 446 g/mol. The Morgan fingerprint density at radius 3 is 2.55 bits per heavy atom. The van der Waals surface area contributed by atoms with Crippen LogP contribution in [0.2, 0.25) is 0 Å². The summed E-state index contributed by atoms with van der Waals surface area (Å²) in [5.74, 6) is 0.459. The van der Waals surface area contributed by atoms with Gasteiger partial charge in [-0.25, -0.2) is 0 Å². The highest BCUT2D eigenvalue weighted by Crippen LogP contribution is 2.33. The number of nitrogens with one attached hydrogen (secondary N) is 1. The molecule has 1 aliphatic heterocycles. The largest absolute Gasteiger partial charge is 0.496 e. The quantitative estimate of drug-likeness (QED) is 0.628. The predicted octanol–water partition coefficient (Wildman–Crippen LogP) is 3.56. The Morgan fingerprint density at radius 2 is 1.85 bits per heavy atom. The van der Waals surface area contributed by atoms with Crippen molar-refractivity contribution < 1.29 is 14.3 Å². The Labute approximate surface area is 194 Å². The van der Waals surface area contributed by atoms with Crippen molar-refractivity contribution in [2.75, 3.05) is 33.3 Å². The first kappa shape index (κ1) is 22.6. The summed E-state index contributed by atoms with van der Waals surface area (Å²) in [4.78, 5) is 30.3. The second-order valence-electron chi connectivity index (χ2n) is 8.34. The van der Waals surface area contributed by atoms with Crippen molar-refractivity contribution in [3.05, 3.63) is 71.5 Å². The van der Waals surface area contributed by atoms with E-state index in [9.17, 15) is 9.59 Å². The van der Waals surface area contributed by atoms with E-state index in [1.54, 1.807) is 18.2 Å². The maximum atomic E-state index is 13.4. The predicted molar refractivity (Wildman–Crippen MR) is 127 cm³/mol. The molecule has 0 radical (unpaired) electrons. The standard InChI is InChI=1S/C26H30N4O3/c1-4-29-13-14-30(26(32)23-16-27-28-18(23)2)17-20(25(29)31)15-19-9-5-6-10-21(19)22-11-7-8-12-24(22)33-3/h5-12,16,20H,4,13-15,17H2,1-3H3,(H,27,28)/t20-/m1/s1. The summed E-state index contributed by atoms with van der Waals surface area (Å²) in [6.07, 6.45) is 2.10. The molecular formula is C26H30N4O3. The van der Waals surface area contributed by atoms with E-state index in [1.165, 1.54) is 0 Å². The lowest BCUT2D eigenvalue weighted by molar-refractivity contribution is -0.134. The number of hydrogen-bond acceptors (Lipinski definition) is 4. The van der Waals surface area contributed by atoms with Crippen LogP contribution in [0.15, 0.2) is 54.7 Å². The molecular weight excluding hydrogens is 416 g/mol. The minimum absolute atomic E-state index is 0.0879. The molecule has 0 saturated carbocycles. The zero-order valence-corrected chi connectivity index (χ0v) is 19.4. The minimum atomic E-state index is -0.334. The third kappa shape index (κ3) is 4.62. The number of H-pyrrole nitrogens is 1. The molecule has 1 atom stereocenters. The molecule has 4 rings (SSSR count). The summed E-state index contributed by atoms with van der Waals surface area (Å²) in [7, 11) is 1.66. The summed E-state index contributed by atoms with van der Waals surface area (Å²) in [6, 6.07) is 16.0. The number of rotatable bonds is 6. The van der Waals surface area contributed by atoms with Crippen LogP contribution in [0.25, 0.3) is 11.1 Å². The third-order valence-electron chi connectivity index (χ3n) is 6.35. The zero-order chi connectivity index (χ0) is 23.4. The number of carbonyl (C=O) groups is 2. The summed E-state index contributed by atoms with van der Waals surface area (Å²) >= 11 is 0. The number of aryl methyl sites for hydroxylation is 1. The van der Waals surface area contributed by atoms with Crippen molar-refractivity contribution in [1.82, 2.24) is 20.0 Å². The van der Waals surface area contributed by atoms with Crippen LogP contribution in [0.5, 0.6) is 5.75 Å². The molecule has 1 aromatic heterocycles. The van der Waals surface area contributed by atoms with Gasteiger partial charge < -0.3 is 14.5 Å². The van der Waals surface area contributed by atoms with Crippen LogP contribution in [-0.2, 0) is 11.2 Å². The van der Waals surface area contributed by atoms with Gasteiger partial charge in [-0.2, -0.15) is 5.10 Å². The molecule has 1 saturated heterocycles. The van der Waals surface area contributed by atoms with Crippen LogP contribution in [0.1, 0.15) is 28.5 Å². The number of ether oxygens (including phenoxy) is 1.